The second kappa shape index (κ2) is 10.6. The average Bonchev–Trinajstić information content (AvgIpc) is 2.63. The molecule has 0 aliphatic carbocycles. The quantitative estimate of drug-likeness (QED) is 0.681. The zero-order chi connectivity index (χ0) is 18.7. The number of carbonyl (C=O) groups is 1. The summed E-state index contributed by atoms with van der Waals surface area (Å²) in [4.78, 5) is 14.8. The van der Waals surface area contributed by atoms with Crippen LogP contribution in [0.4, 0.5) is 15.8 Å². The molecule has 0 bridgehead atoms. The standard InChI is InChI=1S/C19H21ClFN3O2.2ClH/c1-26-18-10-17(22)16(20)9-15(18)19(25)23-13-5-3-7-24(11-13)14-6-2-4-12(21)8-14;;/h2,4,6,8-10,13H,3,5,7,11,22H2,1H3,(H,23,25);2*1H. The van der Waals surface area contributed by atoms with E-state index >= 15 is 0 Å². The van der Waals surface area contributed by atoms with Gasteiger partial charge in [-0.2, -0.15) is 0 Å². The Morgan fingerprint density at radius 3 is 2.75 bits per heavy atom. The van der Waals surface area contributed by atoms with E-state index in [9.17, 15) is 9.18 Å². The van der Waals surface area contributed by atoms with Crippen molar-refractivity contribution in [1.82, 2.24) is 5.32 Å². The van der Waals surface area contributed by atoms with Crippen molar-refractivity contribution in [2.24, 2.45) is 0 Å². The first-order valence-corrected chi connectivity index (χ1v) is 8.80. The lowest BCUT2D eigenvalue weighted by atomic mass is 10.0. The maximum atomic E-state index is 13.5. The average molecular weight is 451 g/mol. The van der Waals surface area contributed by atoms with Gasteiger partial charge in [0.15, 0.2) is 0 Å². The van der Waals surface area contributed by atoms with Gasteiger partial charge in [-0.15, -0.1) is 24.8 Å². The Labute approximate surface area is 181 Å². The number of carbonyl (C=O) groups excluding carboxylic acids is 1. The minimum absolute atomic E-state index is 0. The van der Waals surface area contributed by atoms with Crippen LogP contribution in [0.3, 0.4) is 0 Å². The molecule has 2 aromatic rings. The number of nitrogens with one attached hydrogen (secondary N) is 1. The number of anilines is 2. The van der Waals surface area contributed by atoms with Crippen molar-refractivity contribution in [2.75, 3.05) is 30.8 Å². The van der Waals surface area contributed by atoms with Crippen LogP contribution in [-0.2, 0) is 0 Å². The number of rotatable bonds is 4. The summed E-state index contributed by atoms with van der Waals surface area (Å²) in [5.74, 6) is -0.160. The predicted octanol–water partition coefficient (Wildman–Crippen LogP) is 4.31. The van der Waals surface area contributed by atoms with Gasteiger partial charge >= 0.3 is 0 Å². The molecular formula is C19H23Cl3FN3O2. The largest absolute Gasteiger partial charge is 0.496 e. The molecule has 0 aromatic heterocycles. The summed E-state index contributed by atoms with van der Waals surface area (Å²) in [7, 11) is 1.48. The Balaban J connectivity index is 0.00000196. The van der Waals surface area contributed by atoms with Crippen LogP contribution < -0.4 is 20.7 Å². The van der Waals surface area contributed by atoms with Crippen LogP contribution in [-0.4, -0.2) is 32.1 Å². The fraction of sp³-hybridized carbons (Fsp3) is 0.316. The van der Waals surface area contributed by atoms with Crippen molar-refractivity contribution in [2.45, 2.75) is 18.9 Å². The zero-order valence-electron chi connectivity index (χ0n) is 15.3. The summed E-state index contributed by atoms with van der Waals surface area (Å²) in [6, 6.07) is 9.48. The van der Waals surface area contributed by atoms with E-state index < -0.39 is 0 Å². The molecule has 1 aliphatic heterocycles. The van der Waals surface area contributed by atoms with Crippen molar-refractivity contribution >= 4 is 53.7 Å². The molecule has 1 heterocycles. The number of hydrogen-bond acceptors (Lipinski definition) is 4. The van der Waals surface area contributed by atoms with Crippen LogP contribution in [0.2, 0.25) is 5.02 Å². The highest BCUT2D eigenvalue weighted by atomic mass is 35.5. The second-order valence-corrected chi connectivity index (χ2v) is 6.72. The number of hydrogen-bond donors (Lipinski definition) is 2. The van der Waals surface area contributed by atoms with Crippen LogP contribution in [0.25, 0.3) is 0 Å². The molecule has 0 spiro atoms. The number of benzene rings is 2. The van der Waals surface area contributed by atoms with Gasteiger partial charge in [-0.3, -0.25) is 4.79 Å². The lowest BCUT2D eigenvalue weighted by Gasteiger charge is -2.34. The number of ether oxygens (including phenoxy) is 1. The monoisotopic (exact) mass is 449 g/mol. The number of halogens is 4. The second-order valence-electron chi connectivity index (χ2n) is 6.31. The van der Waals surface area contributed by atoms with E-state index in [0.29, 0.717) is 28.6 Å². The third-order valence-corrected chi connectivity index (χ3v) is 4.82. The number of nitrogen functional groups attached to an aromatic ring is 1. The van der Waals surface area contributed by atoms with E-state index in [1.165, 1.54) is 31.4 Å². The molecule has 1 saturated heterocycles. The van der Waals surface area contributed by atoms with Gasteiger partial charge in [0.25, 0.3) is 5.91 Å². The first-order valence-electron chi connectivity index (χ1n) is 8.42. The van der Waals surface area contributed by atoms with E-state index in [1.807, 2.05) is 6.07 Å². The SMILES string of the molecule is COc1cc(N)c(Cl)cc1C(=O)NC1CCCN(c2cccc(F)c2)C1.Cl.Cl. The Morgan fingerprint density at radius 2 is 2.07 bits per heavy atom. The van der Waals surface area contributed by atoms with Gasteiger partial charge in [0.1, 0.15) is 11.6 Å². The summed E-state index contributed by atoms with van der Waals surface area (Å²) < 4.78 is 18.7. The molecule has 9 heteroatoms. The first-order chi connectivity index (χ1) is 12.5. The van der Waals surface area contributed by atoms with Crippen LogP contribution in [0.5, 0.6) is 5.75 Å². The Kier molecular flexibility index (Phi) is 9.14. The third-order valence-electron chi connectivity index (χ3n) is 4.49. The van der Waals surface area contributed by atoms with Crippen LogP contribution in [0.1, 0.15) is 23.2 Å². The molecule has 1 amide bonds. The minimum atomic E-state index is -0.269. The van der Waals surface area contributed by atoms with Gasteiger partial charge in [-0.05, 0) is 37.1 Å². The summed E-state index contributed by atoms with van der Waals surface area (Å²) >= 11 is 6.04. The predicted molar refractivity (Wildman–Crippen MR) is 116 cm³/mol. The fourth-order valence-electron chi connectivity index (χ4n) is 3.18. The zero-order valence-corrected chi connectivity index (χ0v) is 17.7. The molecule has 2 aromatic carbocycles. The molecule has 1 fully saturated rings. The number of piperidine rings is 1. The molecular weight excluding hydrogens is 428 g/mol. The number of nitrogens with zero attached hydrogens (tertiary/aromatic N) is 1. The lowest BCUT2D eigenvalue weighted by molar-refractivity contribution is 0.0930. The van der Waals surface area contributed by atoms with Gasteiger partial charge in [0, 0.05) is 30.9 Å². The van der Waals surface area contributed by atoms with E-state index in [1.54, 1.807) is 6.07 Å². The molecule has 5 nitrogen and oxygen atoms in total. The molecule has 0 radical (unpaired) electrons. The number of methoxy groups -OCH3 is 1. The Morgan fingerprint density at radius 1 is 1.32 bits per heavy atom. The van der Waals surface area contributed by atoms with Gasteiger partial charge in [0.2, 0.25) is 0 Å². The Bertz CT molecular complexity index is 823. The molecule has 28 heavy (non-hydrogen) atoms. The highest BCUT2D eigenvalue weighted by Gasteiger charge is 2.24. The lowest BCUT2D eigenvalue weighted by Crippen LogP contribution is -2.47. The Hall–Kier alpha value is -1.89. The number of nitrogens with two attached hydrogens (primary N) is 1. The van der Waals surface area contributed by atoms with E-state index in [-0.39, 0.29) is 42.6 Å². The van der Waals surface area contributed by atoms with Crippen molar-refractivity contribution in [3.63, 3.8) is 0 Å². The van der Waals surface area contributed by atoms with E-state index in [4.69, 9.17) is 22.1 Å². The number of amides is 1. The molecule has 3 rings (SSSR count). The maximum absolute atomic E-state index is 13.5. The van der Waals surface area contributed by atoms with Gasteiger partial charge in [-0.25, -0.2) is 4.39 Å². The van der Waals surface area contributed by atoms with Crippen LogP contribution >= 0.6 is 36.4 Å². The van der Waals surface area contributed by atoms with Crippen molar-refractivity contribution in [3.8, 4) is 5.75 Å². The summed E-state index contributed by atoms with van der Waals surface area (Å²) in [6.07, 6.45) is 1.75. The smallest absolute Gasteiger partial charge is 0.255 e. The molecule has 1 atom stereocenters. The molecule has 1 aliphatic rings. The van der Waals surface area contributed by atoms with Crippen LogP contribution in [0.15, 0.2) is 36.4 Å². The van der Waals surface area contributed by atoms with Crippen LogP contribution in [0, 0.1) is 5.82 Å². The van der Waals surface area contributed by atoms with Gasteiger partial charge < -0.3 is 20.7 Å². The first kappa shape index (κ1) is 24.1. The van der Waals surface area contributed by atoms with Gasteiger partial charge in [-0.1, -0.05) is 17.7 Å². The minimum Gasteiger partial charge on any atom is -0.496 e. The van der Waals surface area contributed by atoms with Crippen molar-refractivity contribution < 1.29 is 13.9 Å². The fourth-order valence-corrected chi connectivity index (χ4v) is 3.34. The normalized spacial score (nSPS) is 15.8. The van der Waals surface area contributed by atoms with E-state index in [2.05, 4.69) is 10.2 Å². The summed E-state index contributed by atoms with van der Waals surface area (Å²) in [5.41, 5.74) is 7.28. The summed E-state index contributed by atoms with van der Waals surface area (Å²) in [5, 5.41) is 3.32. The topological polar surface area (TPSA) is 67.6 Å². The highest BCUT2D eigenvalue weighted by molar-refractivity contribution is 6.33. The highest BCUT2D eigenvalue weighted by Crippen LogP contribution is 2.29. The van der Waals surface area contributed by atoms with E-state index in [0.717, 1.165) is 25.1 Å². The summed E-state index contributed by atoms with van der Waals surface area (Å²) in [6.45, 7) is 1.44. The van der Waals surface area contributed by atoms with Crippen molar-refractivity contribution in [3.05, 3.63) is 52.8 Å². The molecule has 3 N–H and O–H groups in total. The molecule has 1 unspecified atom stereocenters. The molecule has 0 saturated carbocycles. The van der Waals surface area contributed by atoms with Crippen molar-refractivity contribution in [1.29, 1.82) is 0 Å². The molecule has 154 valence electrons. The maximum Gasteiger partial charge on any atom is 0.255 e. The third kappa shape index (κ3) is 5.56. The van der Waals surface area contributed by atoms with Gasteiger partial charge in [0.05, 0.1) is 23.4 Å².